The average molecular weight is 163 g/mol. The van der Waals surface area contributed by atoms with Gasteiger partial charge in [-0.15, -0.1) is 5.10 Å². The maximum atomic E-state index is 4.01. The van der Waals surface area contributed by atoms with Gasteiger partial charge in [0.25, 0.3) is 0 Å². The molecule has 0 spiro atoms. The number of rotatable bonds is 1. The van der Waals surface area contributed by atoms with Crippen LogP contribution in [-0.2, 0) is 0 Å². The maximum absolute atomic E-state index is 4.01. The Hall–Kier alpha value is -1.29. The van der Waals surface area contributed by atoms with Gasteiger partial charge in [-0.05, 0) is 0 Å². The van der Waals surface area contributed by atoms with E-state index in [1.165, 1.54) is 0 Å². The van der Waals surface area contributed by atoms with Gasteiger partial charge >= 0.3 is 0 Å². The van der Waals surface area contributed by atoms with Crippen LogP contribution in [0.1, 0.15) is 0 Å². The van der Waals surface area contributed by atoms with Crippen molar-refractivity contribution in [2.45, 2.75) is 0 Å². The molecule has 1 heterocycles. The highest BCUT2D eigenvalue weighted by Crippen LogP contribution is 2.12. The lowest BCUT2D eigenvalue weighted by atomic mass is 10.2. The quantitative estimate of drug-likeness (QED) is 0.641. The topological polar surface area (TPSA) is 38.7 Å². The van der Waals surface area contributed by atoms with Gasteiger partial charge in [-0.25, -0.2) is 0 Å². The van der Waals surface area contributed by atoms with Crippen molar-refractivity contribution in [2.24, 2.45) is 0 Å². The summed E-state index contributed by atoms with van der Waals surface area (Å²) in [5.74, 6) is 0.704. The minimum Gasteiger partial charge on any atom is -0.151 e. The van der Waals surface area contributed by atoms with Gasteiger partial charge in [0.2, 0.25) is 0 Å². The predicted molar refractivity (Wildman–Crippen MR) is 43.1 cm³/mol. The van der Waals surface area contributed by atoms with E-state index in [0.29, 0.717) is 5.82 Å². The van der Waals surface area contributed by atoms with Crippen LogP contribution in [0.25, 0.3) is 11.4 Å². The highest BCUT2D eigenvalue weighted by Gasteiger charge is 1.98. The molecule has 0 radical (unpaired) electrons. The van der Waals surface area contributed by atoms with Crippen molar-refractivity contribution in [3.63, 3.8) is 0 Å². The molecule has 0 aliphatic rings. The monoisotopic (exact) mass is 163 g/mol. The molecular weight excluding hydrogens is 158 g/mol. The summed E-state index contributed by atoms with van der Waals surface area (Å²) in [6, 6.07) is 9.80. The molecule has 0 unspecified atom stereocenters. The number of aromatic nitrogens is 3. The molecule has 0 saturated heterocycles. The van der Waals surface area contributed by atoms with E-state index < -0.39 is 0 Å². The fourth-order valence-corrected chi connectivity index (χ4v) is 1.20. The molecule has 0 aliphatic carbocycles. The number of hydrogen-bond donors (Lipinski definition) is 0. The van der Waals surface area contributed by atoms with Crippen LogP contribution in [-0.4, -0.2) is 14.0 Å². The van der Waals surface area contributed by atoms with E-state index in [0.717, 1.165) is 17.3 Å². The smallest absolute Gasteiger partial charge is 0.151 e. The Labute approximate surface area is 68.0 Å². The highest BCUT2D eigenvalue weighted by atomic mass is 32.1. The first-order valence-electron chi connectivity index (χ1n) is 3.17. The summed E-state index contributed by atoms with van der Waals surface area (Å²) in [6.07, 6.45) is 0. The Balaban J connectivity index is 2.46. The SMILES string of the molecule is c1ccc(-c2nnsn2)cc1. The van der Waals surface area contributed by atoms with E-state index in [-0.39, 0.29) is 0 Å². The first kappa shape index (κ1) is 6.42. The van der Waals surface area contributed by atoms with Crippen molar-refractivity contribution in [1.29, 1.82) is 0 Å². The van der Waals surface area contributed by atoms with E-state index in [1.807, 2.05) is 30.3 Å². The van der Waals surface area contributed by atoms with Crippen LogP contribution in [0.2, 0.25) is 0 Å². The van der Waals surface area contributed by atoms with E-state index in [2.05, 4.69) is 14.0 Å². The van der Waals surface area contributed by atoms with Gasteiger partial charge in [0.15, 0.2) is 5.82 Å². The molecule has 2 aromatic rings. The van der Waals surface area contributed by atoms with Crippen LogP contribution in [0.15, 0.2) is 30.3 Å². The molecule has 1 aromatic heterocycles. The summed E-state index contributed by atoms with van der Waals surface area (Å²) in [5, 5.41) is 3.84. The van der Waals surface area contributed by atoms with Crippen molar-refractivity contribution < 1.29 is 0 Å². The van der Waals surface area contributed by atoms with Gasteiger partial charge in [-0.1, -0.05) is 34.8 Å². The lowest BCUT2D eigenvalue weighted by Gasteiger charge is -1.89. The second kappa shape index (κ2) is 2.75. The predicted octanol–water partition coefficient (Wildman–Crippen LogP) is 1.60. The lowest BCUT2D eigenvalue weighted by molar-refractivity contribution is 1.14. The molecule has 54 valence electrons. The van der Waals surface area contributed by atoms with Gasteiger partial charge < -0.3 is 0 Å². The molecule has 0 amide bonds. The zero-order valence-electron chi connectivity index (χ0n) is 5.64. The van der Waals surface area contributed by atoms with Crippen LogP contribution in [0, 0.1) is 0 Å². The summed E-state index contributed by atoms with van der Waals surface area (Å²) in [7, 11) is 0. The van der Waals surface area contributed by atoms with Crippen molar-refractivity contribution in [3.8, 4) is 11.4 Å². The summed E-state index contributed by atoms with van der Waals surface area (Å²) in [6.45, 7) is 0. The Bertz CT molecular complexity index is 317. The van der Waals surface area contributed by atoms with Crippen LogP contribution < -0.4 is 0 Å². The molecule has 0 bridgehead atoms. The normalized spacial score (nSPS) is 9.82. The number of benzene rings is 1. The Morgan fingerprint density at radius 1 is 1.09 bits per heavy atom. The molecule has 2 rings (SSSR count). The summed E-state index contributed by atoms with van der Waals surface area (Å²) >= 11 is 1.12. The minimum absolute atomic E-state index is 0.704. The average Bonchev–Trinajstić information content (AvgIpc) is 2.58. The minimum atomic E-state index is 0.704. The van der Waals surface area contributed by atoms with E-state index in [9.17, 15) is 0 Å². The van der Waals surface area contributed by atoms with E-state index in [1.54, 1.807) is 0 Å². The molecule has 0 saturated carbocycles. The van der Waals surface area contributed by atoms with Crippen LogP contribution >= 0.6 is 11.7 Å². The Kier molecular flexibility index (Phi) is 1.61. The van der Waals surface area contributed by atoms with Gasteiger partial charge in [0.1, 0.15) is 0 Å². The molecule has 11 heavy (non-hydrogen) atoms. The first-order valence-corrected chi connectivity index (χ1v) is 3.90. The molecule has 0 fully saturated rings. The largest absolute Gasteiger partial charge is 0.196 e. The van der Waals surface area contributed by atoms with E-state index >= 15 is 0 Å². The van der Waals surface area contributed by atoms with Gasteiger partial charge in [0.05, 0.1) is 11.7 Å². The maximum Gasteiger partial charge on any atom is 0.196 e. The molecule has 4 heteroatoms. The molecule has 0 aliphatic heterocycles. The van der Waals surface area contributed by atoms with Crippen molar-refractivity contribution in [3.05, 3.63) is 30.3 Å². The first-order chi connectivity index (χ1) is 5.47. The second-order valence-corrected chi connectivity index (χ2v) is 2.55. The lowest BCUT2D eigenvalue weighted by Crippen LogP contribution is -1.78. The summed E-state index contributed by atoms with van der Waals surface area (Å²) in [4.78, 5) is 0. The molecule has 1 aromatic carbocycles. The molecular formula is C7H5N3S. The van der Waals surface area contributed by atoms with Crippen LogP contribution in [0.5, 0.6) is 0 Å². The molecule has 0 N–H and O–H groups in total. The van der Waals surface area contributed by atoms with Crippen molar-refractivity contribution >= 4 is 11.7 Å². The number of nitrogens with zero attached hydrogens (tertiary/aromatic N) is 3. The third-order valence-corrected chi connectivity index (χ3v) is 1.74. The third-order valence-electron chi connectivity index (χ3n) is 1.33. The number of hydrogen-bond acceptors (Lipinski definition) is 4. The zero-order chi connectivity index (χ0) is 7.52. The van der Waals surface area contributed by atoms with Gasteiger partial charge in [-0.2, -0.15) is 4.37 Å². The summed E-state index contributed by atoms with van der Waals surface area (Å²) < 4.78 is 7.69. The molecule has 0 atom stereocenters. The fourth-order valence-electron chi connectivity index (χ4n) is 0.830. The summed E-state index contributed by atoms with van der Waals surface area (Å²) in [5.41, 5.74) is 1.02. The van der Waals surface area contributed by atoms with Crippen LogP contribution in [0.3, 0.4) is 0 Å². The zero-order valence-corrected chi connectivity index (χ0v) is 6.45. The fraction of sp³-hybridized carbons (Fsp3) is 0. The van der Waals surface area contributed by atoms with Gasteiger partial charge in [-0.3, -0.25) is 0 Å². The van der Waals surface area contributed by atoms with Crippen molar-refractivity contribution in [1.82, 2.24) is 14.0 Å². The second-order valence-electron chi connectivity index (χ2n) is 2.04. The Morgan fingerprint density at radius 2 is 1.91 bits per heavy atom. The van der Waals surface area contributed by atoms with Crippen LogP contribution in [0.4, 0.5) is 0 Å². The Morgan fingerprint density at radius 3 is 2.55 bits per heavy atom. The molecule has 3 nitrogen and oxygen atoms in total. The van der Waals surface area contributed by atoms with Crippen molar-refractivity contribution in [2.75, 3.05) is 0 Å². The standard InChI is InChI=1S/C7H5N3S/c1-2-4-6(5-3-1)7-8-10-11-9-7/h1-5H. The van der Waals surface area contributed by atoms with E-state index in [4.69, 9.17) is 0 Å². The highest BCUT2D eigenvalue weighted by molar-refractivity contribution is 6.99. The third kappa shape index (κ3) is 1.25. The van der Waals surface area contributed by atoms with Gasteiger partial charge in [0, 0.05) is 5.56 Å².